The van der Waals surface area contributed by atoms with Crippen molar-refractivity contribution in [1.82, 2.24) is 0 Å². The van der Waals surface area contributed by atoms with E-state index < -0.39 is 0 Å². The summed E-state index contributed by atoms with van der Waals surface area (Å²) in [5.41, 5.74) is 1.06. The molecule has 0 radical (unpaired) electrons. The highest BCUT2D eigenvalue weighted by molar-refractivity contribution is 5.16. The molecule has 1 heterocycles. The Kier molecular flexibility index (Phi) is 15.0. The van der Waals surface area contributed by atoms with Crippen molar-refractivity contribution >= 4 is 0 Å². The average Bonchev–Trinajstić information content (AvgIpc) is 2.83. The highest BCUT2D eigenvalue weighted by Crippen LogP contribution is 2.36. The van der Waals surface area contributed by atoms with Crippen LogP contribution < -0.4 is 0 Å². The molecule has 4 nitrogen and oxygen atoms in total. The standard InChI is InChI=1S/C28H48O4/c1-3-5-7-8-9-15-22-30-23-28(19-14-11-16-21-29-20-6-4-2)24-31-27(32-25-28)26-17-12-10-13-18-26/h10,12-13,17-18,27H,3-9,11,14-16,19-25H2,1-2H3/t27-,28+. The molecule has 0 bridgehead atoms. The van der Waals surface area contributed by atoms with Crippen LogP contribution in [0.5, 0.6) is 0 Å². The fraction of sp³-hybridized carbons (Fsp3) is 0.786. The molecule has 1 saturated heterocycles. The zero-order valence-electron chi connectivity index (χ0n) is 20.8. The third-order valence-corrected chi connectivity index (χ3v) is 6.34. The van der Waals surface area contributed by atoms with Crippen molar-refractivity contribution in [2.24, 2.45) is 5.41 Å². The van der Waals surface area contributed by atoms with E-state index in [1.807, 2.05) is 18.2 Å². The maximum atomic E-state index is 6.20. The molecule has 2 rings (SSSR count). The zero-order chi connectivity index (χ0) is 22.7. The van der Waals surface area contributed by atoms with E-state index in [0.717, 1.165) is 57.7 Å². The van der Waals surface area contributed by atoms with E-state index in [4.69, 9.17) is 18.9 Å². The van der Waals surface area contributed by atoms with Gasteiger partial charge in [0.25, 0.3) is 0 Å². The highest BCUT2D eigenvalue weighted by Gasteiger charge is 2.37. The molecule has 0 N–H and O–H groups in total. The number of hydrogen-bond donors (Lipinski definition) is 0. The van der Waals surface area contributed by atoms with Crippen LogP contribution in [0.2, 0.25) is 0 Å². The molecule has 0 aromatic heterocycles. The Morgan fingerprint density at radius 2 is 1.31 bits per heavy atom. The molecule has 32 heavy (non-hydrogen) atoms. The lowest BCUT2D eigenvalue weighted by Gasteiger charge is -2.40. The minimum Gasteiger partial charge on any atom is -0.381 e. The third kappa shape index (κ3) is 11.3. The first-order chi connectivity index (χ1) is 15.8. The van der Waals surface area contributed by atoms with Gasteiger partial charge in [0.15, 0.2) is 6.29 Å². The Bertz CT molecular complexity index is 518. The van der Waals surface area contributed by atoms with Crippen LogP contribution in [0.3, 0.4) is 0 Å². The number of ether oxygens (including phenoxy) is 4. The van der Waals surface area contributed by atoms with Gasteiger partial charge in [-0.3, -0.25) is 0 Å². The van der Waals surface area contributed by atoms with Gasteiger partial charge in [0.1, 0.15) is 0 Å². The second kappa shape index (κ2) is 17.5. The summed E-state index contributed by atoms with van der Waals surface area (Å²) in [5.74, 6) is 0. The van der Waals surface area contributed by atoms with Crippen LogP contribution in [0.25, 0.3) is 0 Å². The Balaban J connectivity index is 1.71. The summed E-state index contributed by atoms with van der Waals surface area (Å²) in [4.78, 5) is 0. The summed E-state index contributed by atoms with van der Waals surface area (Å²) >= 11 is 0. The summed E-state index contributed by atoms with van der Waals surface area (Å²) in [6, 6.07) is 10.3. The van der Waals surface area contributed by atoms with Crippen LogP contribution >= 0.6 is 0 Å². The average molecular weight is 449 g/mol. The van der Waals surface area contributed by atoms with Gasteiger partial charge in [0.2, 0.25) is 0 Å². The van der Waals surface area contributed by atoms with Crippen molar-refractivity contribution in [3.8, 4) is 0 Å². The van der Waals surface area contributed by atoms with Crippen LogP contribution in [0.4, 0.5) is 0 Å². The first kappa shape index (κ1) is 27.3. The van der Waals surface area contributed by atoms with Crippen molar-refractivity contribution in [3.63, 3.8) is 0 Å². The smallest absolute Gasteiger partial charge is 0.183 e. The van der Waals surface area contributed by atoms with E-state index in [0.29, 0.717) is 13.2 Å². The van der Waals surface area contributed by atoms with Crippen molar-refractivity contribution in [2.45, 2.75) is 97.2 Å². The molecule has 0 spiro atoms. The summed E-state index contributed by atoms with van der Waals surface area (Å²) in [6.45, 7) is 9.23. The van der Waals surface area contributed by atoms with E-state index in [1.54, 1.807) is 0 Å². The lowest BCUT2D eigenvalue weighted by Crippen LogP contribution is -2.42. The summed E-state index contributed by atoms with van der Waals surface area (Å²) in [7, 11) is 0. The van der Waals surface area contributed by atoms with E-state index >= 15 is 0 Å². The minimum atomic E-state index is -0.255. The number of unbranched alkanes of at least 4 members (excludes halogenated alkanes) is 8. The first-order valence-electron chi connectivity index (χ1n) is 13.2. The van der Waals surface area contributed by atoms with Crippen LogP contribution in [0.1, 0.15) is 103 Å². The normalized spacial score (nSPS) is 21.1. The summed E-state index contributed by atoms with van der Waals surface area (Å²) < 4.78 is 24.3. The minimum absolute atomic E-state index is 0.0312. The van der Waals surface area contributed by atoms with E-state index in [-0.39, 0.29) is 11.7 Å². The molecule has 0 amide bonds. The van der Waals surface area contributed by atoms with Gasteiger partial charge in [-0.05, 0) is 25.7 Å². The molecule has 1 fully saturated rings. The SMILES string of the molecule is CCCCCCCCOC[C@]1(CCCCCOCCCC)CO[C@H](c2ccccc2)OC1. The quantitative estimate of drug-likeness (QED) is 0.206. The van der Waals surface area contributed by atoms with Crippen LogP contribution in [0, 0.1) is 5.41 Å². The molecule has 4 heteroatoms. The Labute approximate surface area is 197 Å². The van der Waals surface area contributed by atoms with Gasteiger partial charge in [-0.2, -0.15) is 0 Å². The van der Waals surface area contributed by atoms with Gasteiger partial charge in [-0.1, -0.05) is 95.5 Å². The summed E-state index contributed by atoms with van der Waals surface area (Å²) in [6.07, 6.45) is 14.4. The monoisotopic (exact) mass is 448 g/mol. The van der Waals surface area contributed by atoms with Gasteiger partial charge in [-0.25, -0.2) is 0 Å². The van der Waals surface area contributed by atoms with E-state index in [2.05, 4.69) is 26.0 Å². The van der Waals surface area contributed by atoms with Crippen LogP contribution in [0.15, 0.2) is 30.3 Å². The van der Waals surface area contributed by atoms with Gasteiger partial charge < -0.3 is 18.9 Å². The molecule has 0 atom stereocenters. The lowest BCUT2D eigenvalue weighted by molar-refractivity contribution is -0.246. The molecular weight excluding hydrogens is 400 g/mol. The number of benzene rings is 1. The third-order valence-electron chi connectivity index (χ3n) is 6.34. The van der Waals surface area contributed by atoms with Crippen molar-refractivity contribution in [2.75, 3.05) is 39.6 Å². The zero-order valence-corrected chi connectivity index (χ0v) is 20.8. The van der Waals surface area contributed by atoms with Gasteiger partial charge in [-0.15, -0.1) is 0 Å². The fourth-order valence-electron chi connectivity index (χ4n) is 4.20. The van der Waals surface area contributed by atoms with Crippen LogP contribution in [-0.2, 0) is 18.9 Å². The number of hydrogen-bond acceptors (Lipinski definition) is 4. The Morgan fingerprint density at radius 1 is 0.719 bits per heavy atom. The van der Waals surface area contributed by atoms with Crippen molar-refractivity contribution < 1.29 is 18.9 Å². The number of rotatable bonds is 19. The van der Waals surface area contributed by atoms with Gasteiger partial charge in [0, 0.05) is 30.8 Å². The topological polar surface area (TPSA) is 36.9 Å². The lowest BCUT2D eigenvalue weighted by atomic mass is 9.84. The summed E-state index contributed by atoms with van der Waals surface area (Å²) in [5, 5.41) is 0. The van der Waals surface area contributed by atoms with Gasteiger partial charge >= 0.3 is 0 Å². The van der Waals surface area contributed by atoms with Crippen molar-refractivity contribution in [3.05, 3.63) is 35.9 Å². The predicted octanol–water partition coefficient (Wildman–Crippen LogP) is 7.47. The molecular formula is C28H48O4. The second-order valence-corrected chi connectivity index (χ2v) is 9.46. The highest BCUT2D eigenvalue weighted by atomic mass is 16.7. The molecule has 1 aromatic carbocycles. The molecule has 1 aliphatic rings. The largest absolute Gasteiger partial charge is 0.381 e. The molecule has 0 aliphatic carbocycles. The van der Waals surface area contributed by atoms with Gasteiger partial charge in [0.05, 0.1) is 19.8 Å². The van der Waals surface area contributed by atoms with E-state index in [9.17, 15) is 0 Å². The Hall–Kier alpha value is -0.940. The van der Waals surface area contributed by atoms with Crippen LogP contribution in [-0.4, -0.2) is 39.6 Å². The fourth-order valence-corrected chi connectivity index (χ4v) is 4.20. The molecule has 1 aromatic rings. The second-order valence-electron chi connectivity index (χ2n) is 9.46. The van der Waals surface area contributed by atoms with Crippen molar-refractivity contribution in [1.29, 1.82) is 0 Å². The molecule has 1 aliphatic heterocycles. The van der Waals surface area contributed by atoms with E-state index in [1.165, 1.54) is 51.4 Å². The maximum absolute atomic E-state index is 6.20. The first-order valence-corrected chi connectivity index (χ1v) is 13.2. The Morgan fingerprint density at radius 3 is 2.03 bits per heavy atom. The molecule has 0 unspecified atom stereocenters. The molecule has 184 valence electrons. The molecule has 0 saturated carbocycles. The maximum Gasteiger partial charge on any atom is 0.183 e. The predicted molar refractivity (Wildman–Crippen MR) is 132 cm³/mol.